The van der Waals surface area contributed by atoms with Gasteiger partial charge in [0, 0.05) is 5.56 Å². The van der Waals surface area contributed by atoms with Crippen molar-refractivity contribution in [2.75, 3.05) is 0 Å². The van der Waals surface area contributed by atoms with E-state index in [-0.39, 0.29) is 5.75 Å². The number of hydrogen-bond donors (Lipinski definition) is 0. The van der Waals surface area contributed by atoms with E-state index < -0.39 is 12.3 Å². The smallest absolute Gasteiger partial charge is 0.429 e. The number of hydrogen-bond acceptors (Lipinski definition) is 1. The normalized spacial score (nSPS) is 18.8. The molecule has 5 heteroatoms. The van der Waals surface area contributed by atoms with Crippen LogP contribution in [0, 0.1) is 13.8 Å². The van der Waals surface area contributed by atoms with E-state index >= 15 is 0 Å². The third kappa shape index (κ3) is 2.14. The molecule has 1 heterocycles. The monoisotopic (exact) mass is 262 g/mol. The fourth-order valence-electron chi connectivity index (χ4n) is 1.81. The molecule has 0 saturated carbocycles. The maximum atomic E-state index is 12.5. The van der Waals surface area contributed by atoms with Gasteiger partial charge < -0.3 is 4.74 Å². The molecule has 1 atom stereocenters. The lowest BCUT2D eigenvalue weighted by Crippen LogP contribution is -2.34. The number of aryl methyl sites for hydroxylation is 2. The van der Waals surface area contributed by atoms with E-state index in [0.29, 0.717) is 16.1 Å². The number of fused-ring (bicyclic) bond motifs is 1. The molecule has 0 aliphatic carbocycles. The van der Waals surface area contributed by atoms with Crippen molar-refractivity contribution in [3.05, 3.63) is 33.9 Å². The molecular weight excluding hydrogens is 253 g/mol. The van der Waals surface area contributed by atoms with E-state index in [1.807, 2.05) is 0 Å². The van der Waals surface area contributed by atoms with Crippen LogP contribution >= 0.6 is 11.6 Å². The molecule has 0 saturated heterocycles. The highest BCUT2D eigenvalue weighted by molar-refractivity contribution is 6.33. The van der Waals surface area contributed by atoms with Crippen molar-refractivity contribution in [3.63, 3.8) is 0 Å². The van der Waals surface area contributed by atoms with Crippen LogP contribution in [0.25, 0.3) is 6.08 Å². The first-order chi connectivity index (χ1) is 7.80. The molecule has 0 amide bonds. The van der Waals surface area contributed by atoms with Gasteiger partial charge in [-0.25, -0.2) is 0 Å². The van der Waals surface area contributed by atoms with Crippen molar-refractivity contribution in [2.24, 2.45) is 0 Å². The summed E-state index contributed by atoms with van der Waals surface area (Å²) in [5.41, 5.74) is 1.99. The van der Waals surface area contributed by atoms with Crippen LogP contribution in [0.2, 0.25) is 5.02 Å². The number of ether oxygens (including phenoxy) is 1. The second-order valence-electron chi connectivity index (χ2n) is 4.01. The van der Waals surface area contributed by atoms with Gasteiger partial charge in [0.05, 0.1) is 5.02 Å². The molecule has 0 spiro atoms. The Kier molecular flexibility index (Phi) is 2.86. The van der Waals surface area contributed by atoms with Gasteiger partial charge in [-0.1, -0.05) is 17.7 Å². The van der Waals surface area contributed by atoms with Crippen molar-refractivity contribution in [2.45, 2.75) is 26.1 Å². The minimum absolute atomic E-state index is 0.213. The summed E-state index contributed by atoms with van der Waals surface area (Å²) < 4.78 is 42.6. The lowest BCUT2D eigenvalue weighted by Gasteiger charge is -2.25. The molecule has 17 heavy (non-hydrogen) atoms. The summed E-state index contributed by atoms with van der Waals surface area (Å²) in [6, 6.07) is 1.72. The third-order valence-electron chi connectivity index (χ3n) is 2.62. The van der Waals surface area contributed by atoms with Crippen LogP contribution < -0.4 is 4.74 Å². The fourth-order valence-corrected chi connectivity index (χ4v) is 2.01. The maximum absolute atomic E-state index is 12.5. The predicted octanol–water partition coefficient (Wildman–Crippen LogP) is 4.29. The fraction of sp³-hybridized carbons (Fsp3) is 0.333. The lowest BCUT2D eigenvalue weighted by atomic mass is 10.0. The zero-order valence-electron chi connectivity index (χ0n) is 9.23. The van der Waals surface area contributed by atoms with Gasteiger partial charge >= 0.3 is 6.18 Å². The van der Waals surface area contributed by atoms with Crippen molar-refractivity contribution in [3.8, 4) is 5.75 Å². The number of alkyl halides is 3. The SMILES string of the molecule is Cc1cc(C)c2c(c1Cl)C=CC(C(F)(F)F)O2. The Hall–Kier alpha value is -1.16. The third-order valence-corrected chi connectivity index (χ3v) is 3.13. The summed E-state index contributed by atoms with van der Waals surface area (Å²) >= 11 is 6.03. The van der Waals surface area contributed by atoms with Crippen LogP contribution in [0.4, 0.5) is 13.2 Å². The van der Waals surface area contributed by atoms with Gasteiger partial charge in [-0.15, -0.1) is 0 Å². The van der Waals surface area contributed by atoms with Crippen LogP contribution in [0.1, 0.15) is 16.7 Å². The van der Waals surface area contributed by atoms with Gasteiger partial charge in [-0.2, -0.15) is 13.2 Å². The molecule has 0 N–H and O–H groups in total. The molecule has 1 unspecified atom stereocenters. The molecule has 1 aromatic carbocycles. The largest absolute Gasteiger partial charge is 0.476 e. The van der Waals surface area contributed by atoms with Gasteiger partial charge in [-0.3, -0.25) is 0 Å². The van der Waals surface area contributed by atoms with Crippen LogP contribution in [0.5, 0.6) is 5.75 Å². The van der Waals surface area contributed by atoms with Gasteiger partial charge in [0.2, 0.25) is 6.10 Å². The Morgan fingerprint density at radius 3 is 2.47 bits per heavy atom. The lowest BCUT2D eigenvalue weighted by molar-refractivity contribution is -0.180. The summed E-state index contributed by atoms with van der Waals surface area (Å²) in [5, 5.41) is 0.433. The molecule has 1 nitrogen and oxygen atoms in total. The highest BCUT2D eigenvalue weighted by atomic mass is 35.5. The Morgan fingerprint density at radius 2 is 1.88 bits per heavy atom. The first-order valence-electron chi connectivity index (χ1n) is 5.02. The average molecular weight is 263 g/mol. The number of benzene rings is 1. The Balaban J connectivity index is 2.50. The molecule has 0 fully saturated rings. The quantitative estimate of drug-likeness (QED) is 0.678. The molecule has 1 aromatic rings. The van der Waals surface area contributed by atoms with Gasteiger partial charge in [0.1, 0.15) is 5.75 Å². The average Bonchev–Trinajstić information content (AvgIpc) is 2.24. The predicted molar refractivity (Wildman–Crippen MR) is 60.4 cm³/mol. The van der Waals surface area contributed by atoms with E-state index in [0.717, 1.165) is 11.6 Å². The van der Waals surface area contributed by atoms with Gasteiger partial charge in [0.25, 0.3) is 0 Å². The van der Waals surface area contributed by atoms with Crippen LogP contribution in [0.3, 0.4) is 0 Å². The standard InChI is InChI=1S/C12H10ClF3O/c1-6-5-7(2)11-8(10(6)13)3-4-9(17-11)12(14,15)16/h3-5,9H,1-2H3. The number of rotatable bonds is 0. The molecule has 1 aliphatic heterocycles. The summed E-state index contributed by atoms with van der Waals surface area (Å²) in [7, 11) is 0. The highest BCUT2D eigenvalue weighted by Crippen LogP contribution is 2.40. The summed E-state index contributed by atoms with van der Waals surface area (Å²) in [4.78, 5) is 0. The topological polar surface area (TPSA) is 9.23 Å². The molecule has 1 aliphatic rings. The van der Waals surface area contributed by atoms with Crippen molar-refractivity contribution in [1.29, 1.82) is 0 Å². The van der Waals surface area contributed by atoms with Crippen molar-refractivity contribution < 1.29 is 17.9 Å². The molecule has 0 aromatic heterocycles. The second-order valence-corrected chi connectivity index (χ2v) is 4.38. The zero-order chi connectivity index (χ0) is 12.8. The Bertz CT molecular complexity index is 492. The first-order valence-corrected chi connectivity index (χ1v) is 5.40. The first kappa shape index (κ1) is 12.3. The minimum Gasteiger partial charge on any atom is -0.476 e. The van der Waals surface area contributed by atoms with Crippen LogP contribution in [0.15, 0.2) is 12.1 Å². The Morgan fingerprint density at radius 1 is 1.24 bits per heavy atom. The molecule has 2 rings (SSSR count). The van der Waals surface area contributed by atoms with E-state index in [1.54, 1.807) is 19.9 Å². The maximum Gasteiger partial charge on any atom is 0.429 e. The molecular formula is C12H10ClF3O. The number of halogens is 4. The summed E-state index contributed by atoms with van der Waals surface area (Å²) in [6.07, 6.45) is -3.95. The highest BCUT2D eigenvalue weighted by Gasteiger charge is 2.42. The molecule has 0 bridgehead atoms. The van der Waals surface area contributed by atoms with E-state index in [2.05, 4.69) is 0 Å². The van der Waals surface area contributed by atoms with E-state index in [1.165, 1.54) is 6.08 Å². The van der Waals surface area contributed by atoms with Crippen LogP contribution in [-0.2, 0) is 0 Å². The van der Waals surface area contributed by atoms with Crippen molar-refractivity contribution >= 4 is 17.7 Å². The van der Waals surface area contributed by atoms with Crippen molar-refractivity contribution in [1.82, 2.24) is 0 Å². The zero-order valence-corrected chi connectivity index (χ0v) is 9.99. The van der Waals surface area contributed by atoms with E-state index in [4.69, 9.17) is 16.3 Å². The minimum atomic E-state index is -4.40. The summed E-state index contributed by atoms with van der Waals surface area (Å²) in [6.45, 7) is 3.51. The molecule has 92 valence electrons. The Labute approximate surface area is 102 Å². The molecule has 0 radical (unpaired) electrons. The van der Waals surface area contributed by atoms with Crippen LogP contribution in [-0.4, -0.2) is 12.3 Å². The van der Waals surface area contributed by atoms with E-state index in [9.17, 15) is 13.2 Å². The summed E-state index contributed by atoms with van der Waals surface area (Å²) in [5.74, 6) is 0.213. The van der Waals surface area contributed by atoms with Gasteiger partial charge in [-0.05, 0) is 37.1 Å². The second kappa shape index (κ2) is 3.95. The van der Waals surface area contributed by atoms with Gasteiger partial charge in [0.15, 0.2) is 0 Å².